The normalized spacial score (nSPS) is 12.1. The molecule has 0 spiro atoms. The molecule has 2 heterocycles. The zero-order chi connectivity index (χ0) is 18.8. The lowest BCUT2D eigenvalue weighted by Crippen LogP contribution is -2.19. The summed E-state index contributed by atoms with van der Waals surface area (Å²) in [6.07, 6.45) is 5.41. The fourth-order valence-electron chi connectivity index (χ4n) is 2.56. The third-order valence-electron chi connectivity index (χ3n) is 3.96. The van der Waals surface area contributed by atoms with Gasteiger partial charge in [0.15, 0.2) is 0 Å². The van der Waals surface area contributed by atoms with Crippen LogP contribution in [0.15, 0.2) is 24.5 Å². The molecule has 26 heavy (non-hydrogen) atoms. The number of hydrogen-bond acceptors (Lipinski definition) is 7. The van der Waals surface area contributed by atoms with Gasteiger partial charge < -0.3 is 19.5 Å². The number of fused-ring (bicyclic) bond motifs is 1. The molecule has 0 aliphatic rings. The number of rotatable bonds is 11. The Bertz CT molecular complexity index is 708. The molecule has 0 radical (unpaired) electrons. The number of carbonyl (C=O) groups is 1. The van der Waals surface area contributed by atoms with E-state index in [1.165, 1.54) is 0 Å². The monoisotopic (exact) mass is 361 g/mol. The van der Waals surface area contributed by atoms with Gasteiger partial charge in [0, 0.05) is 25.2 Å². The van der Waals surface area contributed by atoms with E-state index in [9.17, 15) is 4.79 Å². The fourth-order valence-corrected chi connectivity index (χ4v) is 2.56. The Kier molecular flexibility index (Phi) is 8.24. The lowest BCUT2D eigenvalue weighted by molar-refractivity contribution is 0.0133. The lowest BCUT2D eigenvalue weighted by atomic mass is 10.2. The SMILES string of the molecule is CCOC(=O)c1ccc2cncc(NCCC(CC)OCCOC)c2n1. The maximum Gasteiger partial charge on any atom is 0.356 e. The summed E-state index contributed by atoms with van der Waals surface area (Å²) < 4.78 is 15.8. The summed E-state index contributed by atoms with van der Waals surface area (Å²) in [7, 11) is 1.66. The lowest BCUT2D eigenvalue weighted by Gasteiger charge is -2.17. The number of carbonyl (C=O) groups excluding carboxylic acids is 1. The van der Waals surface area contributed by atoms with Gasteiger partial charge in [-0.1, -0.05) is 6.92 Å². The van der Waals surface area contributed by atoms with Gasteiger partial charge >= 0.3 is 5.97 Å². The number of pyridine rings is 2. The first kappa shape index (κ1) is 20.1. The molecule has 1 atom stereocenters. The molecule has 0 aliphatic heterocycles. The van der Waals surface area contributed by atoms with E-state index in [0.29, 0.717) is 31.0 Å². The van der Waals surface area contributed by atoms with Gasteiger partial charge in [-0.05, 0) is 31.9 Å². The molecular formula is C19H27N3O4. The van der Waals surface area contributed by atoms with E-state index in [-0.39, 0.29) is 6.10 Å². The highest BCUT2D eigenvalue weighted by Gasteiger charge is 2.12. The number of methoxy groups -OCH3 is 1. The number of anilines is 1. The average molecular weight is 361 g/mol. The molecule has 0 fully saturated rings. The minimum absolute atomic E-state index is 0.170. The summed E-state index contributed by atoms with van der Waals surface area (Å²) in [5.41, 5.74) is 1.79. The Morgan fingerprint density at radius 3 is 2.81 bits per heavy atom. The highest BCUT2D eigenvalue weighted by molar-refractivity contribution is 5.94. The number of ether oxygens (including phenoxy) is 3. The van der Waals surface area contributed by atoms with Crippen LogP contribution >= 0.6 is 0 Å². The molecule has 142 valence electrons. The smallest absolute Gasteiger partial charge is 0.356 e. The van der Waals surface area contributed by atoms with Crippen LogP contribution in [0.2, 0.25) is 0 Å². The number of esters is 1. The van der Waals surface area contributed by atoms with Gasteiger partial charge in [-0.3, -0.25) is 4.98 Å². The Labute approximate surface area is 154 Å². The van der Waals surface area contributed by atoms with E-state index in [0.717, 1.165) is 30.5 Å². The number of nitrogens with zero attached hydrogens (tertiary/aromatic N) is 2. The van der Waals surface area contributed by atoms with Gasteiger partial charge in [0.1, 0.15) is 5.69 Å². The molecule has 7 heteroatoms. The molecule has 0 amide bonds. The summed E-state index contributed by atoms with van der Waals surface area (Å²) in [5.74, 6) is -0.422. The molecular weight excluding hydrogens is 334 g/mol. The molecule has 2 rings (SSSR count). The highest BCUT2D eigenvalue weighted by atomic mass is 16.5. The molecule has 1 N–H and O–H groups in total. The molecule has 0 aromatic carbocycles. The van der Waals surface area contributed by atoms with Gasteiger partial charge in [0.25, 0.3) is 0 Å². The second kappa shape index (κ2) is 10.7. The van der Waals surface area contributed by atoms with Crippen LogP contribution < -0.4 is 5.32 Å². The van der Waals surface area contributed by atoms with Gasteiger partial charge in [0.2, 0.25) is 0 Å². The Morgan fingerprint density at radius 2 is 2.08 bits per heavy atom. The minimum atomic E-state index is -0.422. The topological polar surface area (TPSA) is 82.6 Å². The molecule has 0 saturated heterocycles. The average Bonchev–Trinajstić information content (AvgIpc) is 2.66. The Balaban J connectivity index is 2.04. The standard InChI is InChI=1S/C19H27N3O4/c1-4-15(26-11-10-24-3)8-9-21-17-13-20-12-14-6-7-16(22-18(14)17)19(23)25-5-2/h6-7,12-13,15,21H,4-5,8-11H2,1-3H3. The van der Waals surface area contributed by atoms with Crippen LogP contribution in [0.5, 0.6) is 0 Å². The summed E-state index contributed by atoms with van der Waals surface area (Å²) in [4.78, 5) is 20.6. The molecule has 2 aromatic heterocycles. The molecule has 1 unspecified atom stereocenters. The van der Waals surface area contributed by atoms with Gasteiger partial charge in [-0.25, -0.2) is 9.78 Å². The molecule has 0 aliphatic carbocycles. The second-order valence-electron chi connectivity index (χ2n) is 5.79. The van der Waals surface area contributed by atoms with Crippen molar-refractivity contribution >= 4 is 22.6 Å². The van der Waals surface area contributed by atoms with Crippen molar-refractivity contribution in [2.45, 2.75) is 32.8 Å². The summed E-state index contributed by atoms with van der Waals surface area (Å²) in [6, 6.07) is 3.48. The Morgan fingerprint density at radius 1 is 1.23 bits per heavy atom. The van der Waals surface area contributed by atoms with Crippen LogP contribution in [-0.2, 0) is 14.2 Å². The first-order valence-electron chi connectivity index (χ1n) is 8.95. The Hall–Kier alpha value is -2.25. The van der Waals surface area contributed by atoms with Crippen molar-refractivity contribution in [3.63, 3.8) is 0 Å². The van der Waals surface area contributed by atoms with Gasteiger partial charge in [0.05, 0.1) is 43.3 Å². The third-order valence-corrected chi connectivity index (χ3v) is 3.96. The van der Waals surface area contributed by atoms with Crippen molar-refractivity contribution in [1.29, 1.82) is 0 Å². The van der Waals surface area contributed by atoms with E-state index in [2.05, 4.69) is 22.2 Å². The second-order valence-corrected chi connectivity index (χ2v) is 5.79. The summed E-state index contributed by atoms with van der Waals surface area (Å²) in [5, 5.41) is 4.22. The van der Waals surface area contributed by atoms with Crippen molar-refractivity contribution < 1.29 is 19.0 Å². The maximum absolute atomic E-state index is 11.9. The van der Waals surface area contributed by atoms with Crippen LogP contribution in [0, 0.1) is 0 Å². The van der Waals surface area contributed by atoms with Crippen LogP contribution in [0.25, 0.3) is 10.9 Å². The zero-order valence-electron chi connectivity index (χ0n) is 15.7. The van der Waals surface area contributed by atoms with Crippen LogP contribution in [-0.4, -0.2) is 55.5 Å². The van der Waals surface area contributed by atoms with E-state index in [1.807, 2.05) is 6.07 Å². The van der Waals surface area contributed by atoms with Crippen molar-refractivity contribution in [3.05, 3.63) is 30.2 Å². The minimum Gasteiger partial charge on any atom is -0.461 e. The summed E-state index contributed by atoms with van der Waals surface area (Å²) in [6.45, 7) is 6.10. The van der Waals surface area contributed by atoms with Gasteiger partial charge in [-0.2, -0.15) is 0 Å². The van der Waals surface area contributed by atoms with Crippen LogP contribution in [0.1, 0.15) is 37.2 Å². The van der Waals surface area contributed by atoms with Crippen molar-refractivity contribution in [3.8, 4) is 0 Å². The van der Waals surface area contributed by atoms with Crippen molar-refractivity contribution in [1.82, 2.24) is 9.97 Å². The van der Waals surface area contributed by atoms with E-state index in [4.69, 9.17) is 14.2 Å². The largest absolute Gasteiger partial charge is 0.461 e. The number of hydrogen-bond donors (Lipinski definition) is 1. The quantitative estimate of drug-likeness (QED) is 0.486. The van der Waals surface area contributed by atoms with Crippen molar-refractivity contribution in [2.24, 2.45) is 0 Å². The molecule has 0 saturated carbocycles. The predicted molar refractivity (Wildman–Crippen MR) is 101 cm³/mol. The van der Waals surface area contributed by atoms with Gasteiger partial charge in [-0.15, -0.1) is 0 Å². The zero-order valence-corrected chi connectivity index (χ0v) is 15.7. The van der Waals surface area contributed by atoms with Crippen LogP contribution in [0.4, 0.5) is 5.69 Å². The first-order chi connectivity index (χ1) is 12.7. The van der Waals surface area contributed by atoms with E-state index >= 15 is 0 Å². The van der Waals surface area contributed by atoms with E-state index < -0.39 is 5.97 Å². The molecule has 2 aromatic rings. The highest BCUT2D eigenvalue weighted by Crippen LogP contribution is 2.21. The predicted octanol–water partition coefficient (Wildman–Crippen LogP) is 3.05. The molecule has 7 nitrogen and oxygen atoms in total. The first-order valence-corrected chi connectivity index (χ1v) is 8.95. The molecule has 0 bridgehead atoms. The fraction of sp³-hybridized carbons (Fsp3) is 0.526. The number of nitrogens with one attached hydrogen (secondary N) is 1. The number of aromatic nitrogens is 2. The van der Waals surface area contributed by atoms with E-state index in [1.54, 1.807) is 32.5 Å². The van der Waals surface area contributed by atoms with Crippen molar-refractivity contribution in [2.75, 3.05) is 38.8 Å². The third kappa shape index (κ3) is 5.64. The maximum atomic E-state index is 11.9. The summed E-state index contributed by atoms with van der Waals surface area (Å²) >= 11 is 0. The van der Waals surface area contributed by atoms with Crippen LogP contribution in [0.3, 0.4) is 0 Å².